The molecular weight excluding hydrogens is 184 g/mol. The number of likely N-dealkylation sites (N-methyl/N-ethyl adjacent to an activating group) is 1. The molecule has 0 aromatic heterocycles. The van der Waals surface area contributed by atoms with Crippen LogP contribution in [0.5, 0.6) is 0 Å². The number of hydrogen-bond donors (Lipinski definition) is 0. The van der Waals surface area contributed by atoms with Crippen LogP contribution in [-0.2, 0) is 0 Å². The van der Waals surface area contributed by atoms with Crippen molar-refractivity contribution in [3.8, 4) is 0 Å². The van der Waals surface area contributed by atoms with E-state index in [1.54, 1.807) is 0 Å². The van der Waals surface area contributed by atoms with Crippen LogP contribution in [0.3, 0.4) is 0 Å². The molecule has 0 radical (unpaired) electrons. The number of nitrogens with zero attached hydrogens (tertiary/aromatic N) is 2. The summed E-state index contributed by atoms with van der Waals surface area (Å²) in [4.78, 5) is 4.90. The number of rotatable bonds is 1. The van der Waals surface area contributed by atoms with E-state index in [0.717, 1.165) is 19.6 Å². The van der Waals surface area contributed by atoms with Gasteiger partial charge < -0.3 is 9.80 Å². The number of piperazine rings is 1. The lowest BCUT2D eigenvalue weighted by atomic mass is 10.1. The fraction of sp³-hybridized carbons (Fsp3) is 0.538. The van der Waals surface area contributed by atoms with Crippen molar-refractivity contribution in [1.29, 1.82) is 0 Å². The molecule has 1 heterocycles. The quantitative estimate of drug-likeness (QED) is 0.691. The molecule has 0 N–H and O–H groups in total. The SMILES string of the molecule is Cc1ccc(N2CCN(C)C[C@H]2C)cc1. The van der Waals surface area contributed by atoms with E-state index in [-0.39, 0.29) is 0 Å². The maximum Gasteiger partial charge on any atom is 0.0389 e. The van der Waals surface area contributed by atoms with Gasteiger partial charge in [0.25, 0.3) is 0 Å². The topological polar surface area (TPSA) is 6.48 Å². The number of hydrogen-bond acceptors (Lipinski definition) is 2. The summed E-state index contributed by atoms with van der Waals surface area (Å²) < 4.78 is 0. The van der Waals surface area contributed by atoms with E-state index in [2.05, 4.69) is 55.0 Å². The third kappa shape index (κ3) is 2.32. The van der Waals surface area contributed by atoms with Crippen LogP contribution >= 0.6 is 0 Å². The fourth-order valence-corrected chi connectivity index (χ4v) is 2.26. The van der Waals surface area contributed by atoms with E-state index in [0.29, 0.717) is 6.04 Å². The van der Waals surface area contributed by atoms with Crippen molar-refractivity contribution in [3.05, 3.63) is 29.8 Å². The third-order valence-corrected chi connectivity index (χ3v) is 3.20. The van der Waals surface area contributed by atoms with Gasteiger partial charge in [-0.2, -0.15) is 0 Å². The standard InChI is InChI=1S/C13H20N2/c1-11-4-6-13(7-5-11)15-9-8-14(3)10-12(15)2/h4-7,12H,8-10H2,1-3H3/t12-/m1/s1. The average molecular weight is 204 g/mol. The largest absolute Gasteiger partial charge is 0.366 e. The summed E-state index contributed by atoms with van der Waals surface area (Å²) in [7, 11) is 2.20. The van der Waals surface area contributed by atoms with Crippen molar-refractivity contribution in [2.24, 2.45) is 0 Å². The Morgan fingerprint density at radius 1 is 1.13 bits per heavy atom. The Morgan fingerprint density at radius 3 is 2.40 bits per heavy atom. The van der Waals surface area contributed by atoms with Crippen molar-refractivity contribution < 1.29 is 0 Å². The monoisotopic (exact) mass is 204 g/mol. The van der Waals surface area contributed by atoms with Gasteiger partial charge in [-0.3, -0.25) is 0 Å². The molecule has 0 spiro atoms. The van der Waals surface area contributed by atoms with Gasteiger partial charge in [0.05, 0.1) is 0 Å². The average Bonchev–Trinajstić information content (AvgIpc) is 2.20. The molecule has 82 valence electrons. The molecule has 0 bridgehead atoms. The van der Waals surface area contributed by atoms with Crippen molar-refractivity contribution in [2.45, 2.75) is 19.9 Å². The second-order valence-corrected chi connectivity index (χ2v) is 4.64. The van der Waals surface area contributed by atoms with E-state index in [1.807, 2.05) is 0 Å². The molecule has 2 heteroatoms. The van der Waals surface area contributed by atoms with Crippen molar-refractivity contribution >= 4 is 5.69 Å². The summed E-state index contributed by atoms with van der Waals surface area (Å²) in [6, 6.07) is 9.47. The van der Waals surface area contributed by atoms with Crippen molar-refractivity contribution in [2.75, 3.05) is 31.6 Å². The summed E-state index contributed by atoms with van der Waals surface area (Å²) in [5.74, 6) is 0. The number of aryl methyl sites for hydroxylation is 1. The van der Waals surface area contributed by atoms with Crippen LogP contribution in [-0.4, -0.2) is 37.6 Å². The molecule has 0 unspecified atom stereocenters. The maximum absolute atomic E-state index is 2.50. The third-order valence-electron chi connectivity index (χ3n) is 3.20. The summed E-state index contributed by atoms with van der Waals surface area (Å²) in [5, 5.41) is 0. The fourth-order valence-electron chi connectivity index (χ4n) is 2.26. The van der Waals surface area contributed by atoms with E-state index in [1.165, 1.54) is 11.3 Å². The molecule has 1 aromatic rings. The van der Waals surface area contributed by atoms with E-state index in [9.17, 15) is 0 Å². The molecule has 15 heavy (non-hydrogen) atoms. The minimum absolute atomic E-state index is 0.617. The normalized spacial score (nSPS) is 23.1. The smallest absolute Gasteiger partial charge is 0.0389 e. The summed E-state index contributed by atoms with van der Waals surface area (Å²) in [6.45, 7) is 7.90. The molecule has 2 nitrogen and oxygen atoms in total. The van der Waals surface area contributed by atoms with Gasteiger partial charge in [0.2, 0.25) is 0 Å². The highest BCUT2D eigenvalue weighted by Crippen LogP contribution is 2.20. The zero-order chi connectivity index (χ0) is 10.8. The lowest BCUT2D eigenvalue weighted by Crippen LogP contribution is -2.50. The first-order chi connectivity index (χ1) is 7.16. The van der Waals surface area contributed by atoms with Gasteiger partial charge in [0.15, 0.2) is 0 Å². The molecule has 1 aliphatic rings. The first-order valence-electron chi connectivity index (χ1n) is 5.68. The molecule has 1 fully saturated rings. The Balaban J connectivity index is 2.13. The van der Waals surface area contributed by atoms with Gasteiger partial charge in [-0.25, -0.2) is 0 Å². The van der Waals surface area contributed by atoms with Crippen LogP contribution in [0.2, 0.25) is 0 Å². The highest BCUT2D eigenvalue weighted by molar-refractivity contribution is 5.48. The molecule has 1 aliphatic heterocycles. The zero-order valence-corrected chi connectivity index (χ0v) is 9.90. The molecular formula is C13H20N2. The van der Waals surface area contributed by atoms with Crippen LogP contribution < -0.4 is 4.90 Å². The Hall–Kier alpha value is -1.02. The molecule has 1 aromatic carbocycles. The van der Waals surface area contributed by atoms with Crippen LogP contribution in [0.25, 0.3) is 0 Å². The van der Waals surface area contributed by atoms with Crippen LogP contribution in [0.4, 0.5) is 5.69 Å². The van der Waals surface area contributed by atoms with E-state index < -0.39 is 0 Å². The van der Waals surface area contributed by atoms with Gasteiger partial charge in [-0.1, -0.05) is 17.7 Å². The molecule has 2 rings (SSSR count). The minimum Gasteiger partial charge on any atom is -0.366 e. The first-order valence-corrected chi connectivity index (χ1v) is 5.68. The lowest BCUT2D eigenvalue weighted by molar-refractivity contribution is 0.275. The highest BCUT2D eigenvalue weighted by atomic mass is 15.3. The molecule has 1 saturated heterocycles. The molecule has 0 saturated carbocycles. The Morgan fingerprint density at radius 2 is 1.80 bits per heavy atom. The van der Waals surface area contributed by atoms with Crippen LogP contribution in [0, 0.1) is 6.92 Å². The maximum atomic E-state index is 2.50. The summed E-state index contributed by atoms with van der Waals surface area (Å²) >= 11 is 0. The molecule has 1 atom stereocenters. The van der Waals surface area contributed by atoms with Gasteiger partial charge in [0.1, 0.15) is 0 Å². The second-order valence-electron chi connectivity index (χ2n) is 4.64. The van der Waals surface area contributed by atoms with Crippen LogP contribution in [0.15, 0.2) is 24.3 Å². The summed E-state index contributed by atoms with van der Waals surface area (Å²) in [6.07, 6.45) is 0. The Labute approximate surface area is 92.5 Å². The minimum atomic E-state index is 0.617. The summed E-state index contributed by atoms with van der Waals surface area (Å²) in [5.41, 5.74) is 2.70. The van der Waals surface area contributed by atoms with Gasteiger partial charge in [-0.15, -0.1) is 0 Å². The van der Waals surface area contributed by atoms with E-state index >= 15 is 0 Å². The number of anilines is 1. The van der Waals surface area contributed by atoms with Crippen molar-refractivity contribution in [3.63, 3.8) is 0 Å². The lowest BCUT2D eigenvalue weighted by Gasteiger charge is -2.39. The van der Waals surface area contributed by atoms with E-state index in [4.69, 9.17) is 0 Å². The first kappa shape index (κ1) is 10.5. The predicted octanol–water partition coefficient (Wildman–Crippen LogP) is 2.14. The molecule has 0 aliphatic carbocycles. The second kappa shape index (κ2) is 4.23. The van der Waals surface area contributed by atoms with Crippen LogP contribution in [0.1, 0.15) is 12.5 Å². The number of benzene rings is 1. The highest BCUT2D eigenvalue weighted by Gasteiger charge is 2.21. The van der Waals surface area contributed by atoms with Crippen molar-refractivity contribution in [1.82, 2.24) is 4.90 Å². The molecule has 0 amide bonds. The van der Waals surface area contributed by atoms with Gasteiger partial charge in [0, 0.05) is 31.4 Å². The Bertz CT molecular complexity index is 318. The Kier molecular flexibility index (Phi) is 2.96. The predicted molar refractivity (Wildman–Crippen MR) is 65.5 cm³/mol. The zero-order valence-electron chi connectivity index (χ0n) is 9.90. The van der Waals surface area contributed by atoms with Gasteiger partial charge >= 0.3 is 0 Å². The van der Waals surface area contributed by atoms with Gasteiger partial charge in [-0.05, 0) is 33.0 Å².